The van der Waals surface area contributed by atoms with Crippen LogP contribution in [0.1, 0.15) is 50.8 Å². The van der Waals surface area contributed by atoms with Crippen LogP contribution in [-0.2, 0) is 16.0 Å². The van der Waals surface area contributed by atoms with Crippen LogP contribution in [0.2, 0.25) is 0 Å². The molecule has 0 saturated carbocycles. The molecule has 0 bridgehead atoms. The molecule has 9 heteroatoms. The van der Waals surface area contributed by atoms with Crippen LogP contribution in [0, 0.1) is 0 Å². The zero-order chi connectivity index (χ0) is 26.3. The molecule has 0 aromatic heterocycles. The Hall–Kier alpha value is -3.59. The molecule has 2 aromatic rings. The third kappa shape index (κ3) is 7.71. The van der Waals surface area contributed by atoms with E-state index in [1.54, 1.807) is 32.9 Å². The van der Waals surface area contributed by atoms with Gasteiger partial charge in [-0.1, -0.05) is 42.5 Å². The molecular formula is C27H35N3O6. The molecule has 0 unspecified atom stereocenters. The molecule has 0 spiro atoms. The first-order valence-corrected chi connectivity index (χ1v) is 12.1. The number of benzene rings is 2. The number of nitrogens with one attached hydrogen (secondary N) is 1. The fraction of sp³-hybridized carbons (Fsp3) is 0.444. The lowest BCUT2D eigenvalue weighted by molar-refractivity contribution is -0.119. The molecule has 1 aliphatic rings. The average molecular weight is 498 g/mol. The zero-order valence-corrected chi connectivity index (χ0v) is 21.0. The highest BCUT2D eigenvalue weighted by Crippen LogP contribution is 2.21. The number of aliphatic hydroxyl groups is 1. The molecule has 194 valence electrons. The maximum Gasteiger partial charge on any atom is 0.410 e. The summed E-state index contributed by atoms with van der Waals surface area (Å²) in [4.78, 5) is 39.3. The van der Waals surface area contributed by atoms with Crippen LogP contribution in [0.25, 0.3) is 0 Å². The minimum absolute atomic E-state index is 0.0918. The predicted molar refractivity (Wildman–Crippen MR) is 136 cm³/mol. The van der Waals surface area contributed by atoms with Gasteiger partial charge >= 0.3 is 12.2 Å². The van der Waals surface area contributed by atoms with Gasteiger partial charge in [0, 0.05) is 18.8 Å². The molecule has 2 atom stereocenters. The molecule has 1 heterocycles. The summed E-state index contributed by atoms with van der Waals surface area (Å²) in [5.41, 5.74) is 1.56. The van der Waals surface area contributed by atoms with Gasteiger partial charge in [-0.2, -0.15) is 0 Å². The van der Waals surface area contributed by atoms with Crippen molar-refractivity contribution in [1.82, 2.24) is 9.80 Å². The van der Waals surface area contributed by atoms with Gasteiger partial charge in [0.25, 0.3) is 0 Å². The Labute approximate surface area is 211 Å². The fourth-order valence-electron chi connectivity index (χ4n) is 4.09. The van der Waals surface area contributed by atoms with Gasteiger partial charge in [-0.15, -0.1) is 0 Å². The minimum Gasteiger partial charge on any atom is -0.465 e. The molecule has 1 saturated heterocycles. The third-order valence-electron chi connectivity index (χ3n) is 5.92. The van der Waals surface area contributed by atoms with E-state index in [1.807, 2.05) is 42.5 Å². The van der Waals surface area contributed by atoms with Crippen LogP contribution in [0.5, 0.6) is 0 Å². The van der Waals surface area contributed by atoms with Gasteiger partial charge in [0.2, 0.25) is 5.91 Å². The van der Waals surface area contributed by atoms with E-state index in [1.165, 1.54) is 9.80 Å². The second-order valence-corrected chi connectivity index (χ2v) is 9.92. The molecule has 1 aliphatic heterocycles. The Morgan fingerprint density at radius 3 is 2.39 bits per heavy atom. The predicted octanol–water partition coefficient (Wildman–Crippen LogP) is 4.28. The fourth-order valence-corrected chi connectivity index (χ4v) is 4.09. The highest BCUT2D eigenvalue weighted by atomic mass is 16.6. The number of carbonyl (C=O) groups excluding carboxylic acids is 2. The summed E-state index contributed by atoms with van der Waals surface area (Å²) in [5.74, 6) is -0.339. The zero-order valence-electron chi connectivity index (χ0n) is 21.0. The molecule has 3 amide bonds. The first kappa shape index (κ1) is 27.0. The maximum absolute atomic E-state index is 12.8. The summed E-state index contributed by atoms with van der Waals surface area (Å²) < 4.78 is 5.54. The molecule has 36 heavy (non-hydrogen) atoms. The molecule has 3 N–H and O–H groups in total. The van der Waals surface area contributed by atoms with E-state index in [0.717, 1.165) is 11.1 Å². The average Bonchev–Trinajstić information content (AvgIpc) is 3.33. The molecule has 1 fully saturated rings. The number of hydrogen-bond donors (Lipinski definition) is 3. The minimum atomic E-state index is -1.09. The number of rotatable bonds is 8. The van der Waals surface area contributed by atoms with Crippen molar-refractivity contribution < 1.29 is 29.3 Å². The maximum atomic E-state index is 12.8. The number of likely N-dealkylation sites (tertiary alicyclic amines) is 1. The van der Waals surface area contributed by atoms with E-state index in [-0.39, 0.29) is 12.5 Å². The van der Waals surface area contributed by atoms with Crippen molar-refractivity contribution in [1.29, 1.82) is 0 Å². The van der Waals surface area contributed by atoms with E-state index in [2.05, 4.69) is 5.32 Å². The SMILES string of the molecule is CC(C)(C)OC(=O)N(CCc1ccc(NC(=O)[C@H]2CCCN2C(=O)O)cc1)C[C@H](O)c1ccccc1. The van der Waals surface area contributed by atoms with Crippen LogP contribution in [0.15, 0.2) is 54.6 Å². The number of ether oxygens (including phenoxy) is 1. The summed E-state index contributed by atoms with van der Waals surface area (Å²) in [6.45, 7) is 6.18. The molecular weight excluding hydrogens is 462 g/mol. The summed E-state index contributed by atoms with van der Waals surface area (Å²) in [6.07, 6.45) is -0.750. The number of hydrogen-bond acceptors (Lipinski definition) is 5. The lowest BCUT2D eigenvalue weighted by Gasteiger charge is -2.29. The number of carboxylic acid groups (broad SMARTS) is 1. The van der Waals surface area contributed by atoms with E-state index >= 15 is 0 Å². The van der Waals surface area contributed by atoms with E-state index < -0.39 is 29.9 Å². The van der Waals surface area contributed by atoms with Gasteiger partial charge in [-0.3, -0.25) is 9.69 Å². The number of anilines is 1. The van der Waals surface area contributed by atoms with E-state index in [4.69, 9.17) is 4.74 Å². The Kier molecular flexibility index (Phi) is 8.93. The largest absolute Gasteiger partial charge is 0.465 e. The summed E-state index contributed by atoms with van der Waals surface area (Å²) in [6, 6.07) is 15.7. The molecule has 3 rings (SSSR count). The monoisotopic (exact) mass is 497 g/mol. The number of nitrogens with zero attached hydrogens (tertiary/aromatic N) is 2. The van der Waals surface area contributed by atoms with Crippen LogP contribution >= 0.6 is 0 Å². The Balaban J connectivity index is 1.61. The van der Waals surface area contributed by atoms with Crippen molar-refractivity contribution in [2.24, 2.45) is 0 Å². The van der Waals surface area contributed by atoms with Crippen molar-refractivity contribution in [3.63, 3.8) is 0 Å². The smallest absolute Gasteiger partial charge is 0.410 e. The summed E-state index contributed by atoms with van der Waals surface area (Å²) in [7, 11) is 0. The van der Waals surface area contributed by atoms with Gasteiger partial charge in [0.05, 0.1) is 12.6 Å². The first-order valence-electron chi connectivity index (χ1n) is 12.1. The van der Waals surface area contributed by atoms with Gasteiger partial charge < -0.3 is 25.2 Å². The molecule has 2 aromatic carbocycles. The molecule has 9 nitrogen and oxygen atoms in total. The summed E-state index contributed by atoms with van der Waals surface area (Å²) in [5, 5.41) is 22.7. The topological polar surface area (TPSA) is 119 Å². The Morgan fingerprint density at radius 1 is 1.11 bits per heavy atom. The third-order valence-corrected chi connectivity index (χ3v) is 5.92. The van der Waals surface area contributed by atoms with Gasteiger partial charge in [0.1, 0.15) is 11.6 Å². The number of carbonyl (C=O) groups is 3. The second kappa shape index (κ2) is 11.9. The highest BCUT2D eigenvalue weighted by molar-refractivity contribution is 5.96. The Morgan fingerprint density at radius 2 is 1.78 bits per heavy atom. The van der Waals surface area contributed by atoms with Crippen molar-refractivity contribution >= 4 is 23.8 Å². The lowest BCUT2D eigenvalue weighted by Crippen LogP contribution is -2.42. The van der Waals surface area contributed by atoms with Gasteiger partial charge in [-0.25, -0.2) is 9.59 Å². The lowest BCUT2D eigenvalue weighted by atomic mass is 10.1. The first-order chi connectivity index (χ1) is 17.0. The number of aliphatic hydroxyl groups excluding tert-OH is 1. The van der Waals surface area contributed by atoms with Crippen molar-refractivity contribution in [3.05, 3.63) is 65.7 Å². The van der Waals surface area contributed by atoms with E-state index in [0.29, 0.717) is 38.0 Å². The van der Waals surface area contributed by atoms with Gasteiger partial charge in [-0.05, 0) is 63.3 Å². The standard InChI is InChI=1S/C27H35N3O6/c1-27(2,3)36-26(35)29(18-23(31)20-8-5-4-6-9-20)17-15-19-11-13-21(14-12-19)28-24(32)22-10-7-16-30(22)25(33)34/h4-6,8-9,11-14,22-23,31H,7,10,15-18H2,1-3H3,(H,28,32)(H,33,34)/t22-,23+/m1/s1. The quantitative estimate of drug-likeness (QED) is 0.501. The van der Waals surface area contributed by atoms with Crippen LogP contribution < -0.4 is 5.32 Å². The van der Waals surface area contributed by atoms with Crippen molar-refractivity contribution in [3.8, 4) is 0 Å². The molecule has 0 aliphatic carbocycles. The van der Waals surface area contributed by atoms with Crippen LogP contribution in [-0.4, -0.2) is 69.4 Å². The highest BCUT2D eigenvalue weighted by Gasteiger charge is 2.34. The normalized spacial score (nSPS) is 16.3. The Bertz CT molecular complexity index is 1040. The van der Waals surface area contributed by atoms with E-state index in [9.17, 15) is 24.6 Å². The van der Waals surface area contributed by atoms with Crippen molar-refractivity contribution in [2.75, 3.05) is 25.0 Å². The second-order valence-electron chi connectivity index (χ2n) is 9.92. The van der Waals surface area contributed by atoms with Crippen LogP contribution in [0.4, 0.5) is 15.3 Å². The van der Waals surface area contributed by atoms with Gasteiger partial charge in [0.15, 0.2) is 0 Å². The molecule has 0 radical (unpaired) electrons. The van der Waals surface area contributed by atoms with Crippen molar-refractivity contribution in [2.45, 2.75) is 57.8 Å². The number of amides is 3. The summed E-state index contributed by atoms with van der Waals surface area (Å²) >= 11 is 0. The van der Waals surface area contributed by atoms with Crippen LogP contribution in [0.3, 0.4) is 0 Å².